The number of oxazole rings is 1. The van der Waals surface area contributed by atoms with Crippen LogP contribution in [0.2, 0.25) is 0 Å². The summed E-state index contributed by atoms with van der Waals surface area (Å²) in [6.07, 6.45) is 1.71. The number of aryl methyl sites for hydroxylation is 1. The van der Waals surface area contributed by atoms with Crippen LogP contribution in [0.4, 0.5) is 0 Å². The molecule has 0 radical (unpaired) electrons. The minimum Gasteiger partial charge on any atom is -0.459 e. The van der Waals surface area contributed by atoms with Crippen molar-refractivity contribution in [3.05, 3.63) is 65.2 Å². The molecule has 0 aliphatic heterocycles. The van der Waals surface area contributed by atoms with Gasteiger partial charge in [-0.2, -0.15) is 0 Å². The minimum atomic E-state index is -0.0474. The number of furan rings is 1. The molecule has 2 amide bonds. The van der Waals surface area contributed by atoms with E-state index in [1.54, 1.807) is 56.4 Å². The first-order chi connectivity index (χ1) is 13.9. The highest BCUT2D eigenvalue weighted by molar-refractivity contribution is 5.93. The van der Waals surface area contributed by atoms with Crippen LogP contribution in [0.5, 0.6) is 0 Å². The third-order valence-corrected chi connectivity index (χ3v) is 4.66. The summed E-state index contributed by atoms with van der Waals surface area (Å²) in [6, 6.07) is 10.8. The van der Waals surface area contributed by atoms with Gasteiger partial charge < -0.3 is 18.6 Å². The monoisotopic (exact) mass is 395 g/mol. The Morgan fingerprint density at radius 3 is 2.41 bits per heavy atom. The van der Waals surface area contributed by atoms with Gasteiger partial charge in [0.25, 0.3) is 11.8 Å². The molecule has 2 aromatic heterocycles. The Morgan fingerprint density at radius 2 is 1.83 bits per heavy atom. The zero-order valence-corrected chi connectivity index (χ0v) is 17.1. The second-order valence-electron chi connectivity index (χ2n) is 6.98. The molecule has 1 aromatic carbocycles. The number of hydrogen-bond acceptors (Lipinski definition) is 5. The van der Waals surface area contributed by atoms with Crippen LogP contribution in [0.1, 0.15) is 34.3 Å². The third-order valence-electron chi connectivity index (χ3n) is 4.66. The molecule has 0 aliphatic carbocycles. The molecule has 7 heteroatoms. The molecule has 0 bridgehead atoms. The molecule has 0 fully saturated rings. The molecule has 0 saturated carbocycles. The summed E-state index contributed by atoms with van der Waals surface area (Å²) >= 11 is 0. The molecule has 0 N–H and O–H groups in total. The Kier molecular flexibility index (Phi) is 6.16. The van der Waals surface area contributed by atoms with E-state index in [4.69, 9.17) is 8.83 Å². The van der Waals surface area contributed by atoms with Crippen molar-refractivity contribution in [1.29, 1.82) is 0 Å². The number of hydrogen-bond donors (Lipinski definition) is 0. The molecule has 0 unspecified atom stereocenters. The number of benzene rings is 1. The van der Waals surface area contributed by atoms with Crippen molar-refractivity contribution < 1.29 is 18.4 Å². The fourth-order valence-electron chi connectivity index (χ4n) is 2.96. The summed E-state index contributed by atoms with van der Waals surface area (Å²) in [6.45, 7) is 4.76. The molecular weight excluding hydrogens is 370 g/mol. The van der Waals surface area contributed by atoms with Crippen LogP contribution in [-0.2, 0) is 17.8 Å². The van der Waals surface area contributed by atoms with Crippen LogP contribution < -0.4 is 0 Å². The Bertz CT molecular complexity index is 972. The van der Waals surface area contributed by atoms with Gasteiger partial charge >= 0.3 is 0 Å². The van der Waals surface area contributed by atoms with Crippen LogP contribution in [0.3, 0.4) is 0 Å². The fourth-order valence-corrected chi connectivity index (χ4v) is 2.96. The van der Waals surface area contributed by atoms with Crippen molar-refractivity contribution >= 4 is 11.8 Å². The number of likely N-dealkylation sites (N-methyl/N-ethyl adjacent to an activating group) is 1. The predicted octanol–water partition coefficient (Wildman–Crippen LogP) is 3.54. The average Bonchev–Trinajstić information content (AvgIpc) is 3.36. The Hall–Kier alpha value is -3.35. The van der Waals surface area contributed by atoms with Crippen molar-refractivity contribution in [2.45, 2.75) is 26.8 Å². The van der Waals surface area contributed by atoms with Gasteiger partial charge in [0.15, 0.2) is 5.76 Å². The standard InChI is InChI=1S/C22H25N3O4/c1-5-25(14-16-8-10-17(11-9-16)22(27)24(3)4)20(26)13-18-15(2)29-21(23-18)19-7-6-12-28-19/h6-12H,5,13-14H2,1-4H3. The van der Waals surface area contributed by atoms with Gasteiger partial charge in [0.1, 0.15) is 5.76 Å². The lowest BCUT2D eigenvalue weighted by Crippen LogP contribution is -2.32. The quantitative estimate of drug-likeness (QED) is 0.611. The zero-order chi connectivity index (χ0) is 21.0. The van der Waals surface area contributed by atoms with Gasteiger partial charge in [-0.1, -0.05) is 12.1 Å². The van der Waals surface area contributed by atoms with Gasteiger partial charge in [0.05, 0.1) is 18.4 Å². The van der Waals surface area contributed by atoms with E-state index in [0.717, 1.165) is 5.56 Å². The Morgan fingerprint density at radius 1 is 1.10 bits per heavy atom. The van der Waals surface area contributed by atoms with Crippen LogP contribution in [0, 0.1) is 6.92 Å². The van der Waals surface area contributed by atoms with E-state index in [2.05, 4.69) is 4.98 Å². The normalized spacial score (nSPS) is 10.8. The average molecular weight is 395 g/mol. The maximum absolute atomic E-state index is 12.8. The van der Waals surface area contributed by atoms with E-state index < -0.39 is 0 Å². The summed E-state index contributed by atoms with van der Waals surface area (Å²) in [7, 11) is 3.44. The molecule has 0 atom stereocenters. The van der Waals surface area contributed by atoms with E-state index in [1.165, 1.54) is 4.90 Å². The van der Waals surface area contributed by atoms with Crippen LogP contribution in [0.25, 0.3) is 11.7 Å². The summed E-state index contributed by atoms with van der Waals surface area (Å²) in [4.78, 5) is 32.5. The lowest BCUT2D eigenvalue weighted by atomic mass is 10.1. The molecule has 0 aliphatic rings. The maximum Gasteiger partial charge on any atom is 0.263 e. The molecule has 0 spiro atoms. The van der Waals surface area contributed by atoms with E-state index >= 15 is 0 Å². The van der Waals surface area contributed by atoms with Crippen LogP contribution >= 0.6 is 0 Å². The predicted molar refractivity (Wildman–Crippen MR) is 108 cm³/mol. The SMILES string of the molecule is CCN(Cc1ccc(C(=O)N(C)C)cc1)C(=O)Cc1nc(-c2ccco2)oc1C. The lowest BCUT2D eigenvalue weighted by Gasteiger charge is -2.21. The summed E-state index contributed by atoms with van der Waals surface area (Å²) in [5, 5.41) is 0. The molecule has 3 aromatic rings. The molecule has 2 heterocycles. The first-order valence-corrected chi connectivity index (χ1v) is 9.47. The van der Waals surface area contributed by atoms with Gasteiger partial charge in [-0.15, -0.1) is 0 Å². The number of amides is 2. The number of carbonyl (C=O) groups is 2. The van der Waals surface area contributed by atoms with Gasteiger partial charge in [-0.3, -0.25) is 9.59 Å². The third kappa shape index (κ3) is 4.74. The minimum absolute atomic E-state index is 0.0386. The van der Waals surface area contributed by atoms with E-state index in [-0.39, 0.29) is 18.2 Å². The van der Waals surface area contributed by atoms with Gasteiger partial charge in [0, 0.05) is 32.7 Å². The summed E-state index contributed by atoms with van der Waals surface area (Å²) in [5.74, 6) is 1.43. The first kappa shape index (κ1) is 20.4. The van der Waals surface area contributed by atoms with Crippen molar-refractivity contribution in [2.24, 2.45) is 0 Å². The molecule has 7 nitrogen and oxygen atoms in total. The molecular formula is C22H25N3O4. The number of carbonyl (C=O) groups excluding carboxylic acids is 2. The van der Waals surface area contributed by atoms with Crippen molar-refractivity contribution in [1.82, 2.24) is 14.8 Å². The number of aromatic nitrogens is 1. The second kappa shape index (κ2) is 8.77. The van der Waals surface area contributed by atoms with E-state index in [9.17, 15) is 9.59 Å². The summed E-state index contributed by atoms with van der Waals surface area (Å²) < 4.78 is 10.9. The van der Waals surface area contributed by atoms with Gasteiger partial charge in [0.2, 0.25) is 5.91 Å². The van der Waals surface area contributed by atoms with E-state index in [0.29, 0.717) is 41.8 Å². The zero-order valence-electron chi connectivity index (χ0n) is 17.1. The van der Waals surface area contributed by atoms with Crippen molar-refractivity contribution in [3.63, 3.8) is 0 Å². The Labute approximate surface area is 169 Å². The number of nitrogens with zero attached hydrogens (tertiary/aromatic N) is 3. The first-order valence-electron chi connectivity index (χ1n) is 9.47. The maximum atomic E-state index is 12.8. The highest BCUT2D eigenvalue weighted by Crippen LogP contribution is 2.22. The lowest BCUT2D eigenvalue weighted by molar-refractivity contribution is -0.130. The molecule has 0 saturated heterocycles. The Balaban J connectivity index is 1.67. The molecule has 29 heavy (non-hydrogen) atoms. The van der Waals surface area contributed by atoms with Crippen molar-refractivity contribution in [3.8, 4) is 11.7 Å². The highest BCUT2D eigenvalue weighted by atomic mass is 16.4. The fraction of sp³-hybridized carbons (Fsp3) is 0.318. The smallest absolute Gasteiger partial charge is 0.263 e. The van der Waals surface area contributed by atoms with Crippen LogP contribution in [-0.4, -0.2) is 47.2 Å². The van der Waals surface area contributed by atoms with Crippen LogP contribution in [0.15, 0.2) is 51.5 Å². The van der Waals surface area contributed by atoms with Gasteiger partial charge in [-0.05, 0) is 43.7 Å². The highest BCUT2D eigenvalue weighted by Gasteiger charge is 2.19. The summed E-state index contributed by atoms with van der Waals surface area (Å²) in [5.41, 5.74) is 2.19. The topological polar surface area (TPSA) is 79.8 Å². The largest absolute Gasteiger partial charge is 0.459 e. The molecule has 152 valence electrons. The second-order valence-corrected chi connectivity index (χ2v) is 6.98. The van der Waals surface area contributed by atoms with E-state index in [1.807, 2.05) is 19.1 Å². The van der Waals surface area contributed by atoms with Crippen molar-refractivity contribution in [2.75, 3.05) is 20.6 Å². The van der Waals surface area contributed by atoms with Gasteiger partial charge in [-0.25, -0.2) is 4.98 Å². The number of rotatable bonds is 7. The molecule has 3 rings (SSSR count).